The molecule has 1 aromatic carbocycles. The number of carboxylic acids is 1. The molecule has 0 aliphatic carbocycles. The van der Waals surface area contributed by atoms with Gasteiger partial charge in [-0.2, -0.15) is 0 Å². The van der Waals surface area contributed by atoms with Crippen molar-refractivity contribution in [2.75, 3.05) is 13.1 Å². The Labute approximate surface area is 172 Å². The number of furan rings is 1. The minimum atomic E-state index is -0.723. The molecule has 0 amide bonds. The van der Waals surface area contributed by atoms with Gasteiger partial charge in [0.1, 0.15) is 5.76 Å². The van der Waals surface area contributed by atoms with Crippen LogP contribution in [0.5, 0.6) is 0 Å². The van der Waals surface area contributed by atoms with Gasteiger partial charge in [0.05, 0.1) is 11.7 Å². The summed E-state index contributed by atoms with van der Waals surface area (Å²) < 4.78 is 5.55. The second kappa shape index (κ2) is 9.15. The molecule has 2 aromatic rings. The van der Waals surface area contributed by atoms with Crippen molar-refractivity contribution in [3.05, 3.63) is 58.5 Å². The minimum absolute atomic E-state index is 0.343. The number of halogens is 1. The number of benzene rings is 1. The molecular formula is C23H30ClNO3. The van der Waals surface area contributed by atoms with Crippen molar-refractivity contribution in [1.82, 2.24) is 4.90 Å². The van der Waals surface area contributed by atoms with Gasteiger partial charge in [0.15, 0.2) is 0 Å². The third-order valence-corrected chi connectivity index (χ3v) is 6.24. The van der Waals surface area contributed by atoms with Crippen molar-refractivity contribution >= 4 is 17.6 Å². The van der Waals surface area contributed by atoms with Gasteiger partial charge in [-0.05, 0) is 50.3 Å². The third-order valence-electron chi connectivity index (χ3n) is 5.89. The number of carboxylic acid groups (broad SMARTS) is 1. The zero-order valence-corrected chi connectivity index (χ0v) is 17.5. The monoisotopic (exact) mass is 403 g/mol. The van der Waals surface area contributed by atoms with E-state index in [0.29, 0.717) is 12.3 Å². The first kappa shape index (κ1) is 20.9. The molecule has 1 N–H and O–H groups in total. The number of fused-ring (bicyclic) bond motifs is 1. The van der Waals surface area contributed by atoms with Crippen LogP contribution in [0.4, 0.5) is 0 Å². The lowest BCUT2D eigenvalue weighted by Gasteiger charge is -2.31. The first-order valence-electron chi connectivity index (χ1n) is 10.1. The van der Waals surface area contributed by atoms with Crippen LogP contribution in [-0.4, -0.2) is 29.1 Å². The molecule has 0 bridgehead atoms. The molecule has 0 saturated carbocycles. The normalized spacial score (nSPS) is 16.0. The van der Waals surface area contributed by atoms with Crippen LogP contribution in [0.3, 0.4) is 0 Å². The summed E-state index contributed by atoms with van der Waals surface area (Å²) >= 11 is 6.52. The number of aliphatic carboxylic acids is 1. The highest BCUT2D eigenvalue weighted by atomic mass is 35.5. The number of unbranched alkanes of at least 4 members (excludes halogenated alkanes) is 1. The fraction of sp³-hybridized carbons (Fsp3) is 0.522. The summed E-state index contributed by atoms with van der Waals surface area (Å²) in [6.45, 7) is 6.47. The Morgan fingerprint density at radius 3 is 2.82 bits per heavy atom. The van der Waals surface area contributed by atoms with Crippen LogP contribution in [-0.2, 0) is 17.8 Å². The maximum absolute atomic E-state index is 11.3. The smallest absolute Gasteiger partial charge is 0.309 e. The molecule has 1 unspecified atom stereocenters. The molecule has 4 nitrogen and oxygen atoms in total. The highest BCUT2D eigenvalue weighted by Crippen LogP contribution is 2.32. The Kier molecular flexibility index (Phi) is 6.84. The van der Waals surface area contributed by atoms with Crippen LogP contribution >= 0.6 is 11.6 Å². The Morgan fingerprint density at radius 1 is 1.29 bits per heavy atom. The lowest BCUT2D eigenvalue weighted by atomic mass is 9.85. The van der Waals surface area contributed by atoms with Crippen LogP contribution in [0.25, 0.3) is 0 Å². The van der Waals surface area contributed by atoms with E-state index in [0.717, 1.165) is 56.1 Å². The Balaban J connectivity index is 1.63. The number of nitrogens with zero attached hydrogens (tertiary/aromatic N) is 1. The Hall–Kier alpha value is -1.78. The summed E-state index contributed by atoms with van der Waals surface area (Å²) in [6, 6.07) is 10.2. The second-order valence-corrected chi connectivity index (χ2v) is 8.91. The molecule has 1 atom stereocenters. The van der Waals surface area contributed by atoms with E-state index in [4.69, 9.17) is 16.0 Å². The van der Waals surface area contributed by atoms with Gasteiger partial charge < -0.3 is 9.52 Å². The molecule has 152 valence electrons. The highest BCUT2D eigenvalue weighted by Gasteiger charge is 2.27. The maximum atomic E-state index is 11.3. The number of rotatable bonds is 9. The molecule has 1 aromatic heterocycles. The number of carbonyl (C=O) groups is 1. The maximum Gasteiger partial charge on any atom is 0.309 e. The Morgan fingerprint density at radius 2 is 2.07 bits per heavy atom. The van der Waals surface area contributed by atoms with Crippen molar-refractivity contribution in [1.29, 1.82) is 0 Å². The van der Waals surface area contributed by atoms with Gasteiger partial charge in [0.2, 0.25) is 0 Å². The van der Waals surface area contributed by atoms with Gasteiger partial charge >= 0.3 is 5.97 Å². The Bertz CT molecular complexity index is 799. The van der Waals surface area contributed by atoms with Crippen LogP contribution in [0.15, 0.2) is 41.0 Å². The lowest BCUT2D eigenvalue weighted by Crippen LogP contribution is -2.33. The van der Waals surface area contributed by atoms with Gasteiger partial charge in [-0.25, -0.2) is 0 Å². The van der Waals surface area contributed by atoms with E-state index >= 15 is 0 Å². The summed E-state index contributed by atoms with van der Waals surface area (Å²) in [5, 5.41) is 10.1. The van der Waals surface area contributed by atoms with Crippen LogP contribution in [0, 0.1) is 5.41 Å². The standard InChI is InChI=1S/C23H30ClNO3/c1-23(2,22(26)27)12-6-5-7-17(19-8-3-4-9-20(19)24)15-25-13-10-21-18(16-25)11-14-28-21/h3-4,8-9,11,14,17H,5-7,10,12-13,15-16H2,1-2H3,(H,26,27). The minimum Gasteiger partial charge on any atom is -0.481 e. The van der Waals surface area contributed by atoms with Crippen molar-refractivity contribution in [2.45, 2.75) is 58.4 Å². The van der Waals surface area contributed by atoms with E-state index in [2.05, 4.69) is 17.0 Å². The van der Waals surface area contributed by atoms with Crippen molar-refractivity contribution in [3.8, 4) is 0 Å². The lowest BCUT2D eigenvalue weighted by molar-refractivity contribution is -0.147. The average molecular weight is 404 g/mol. The molecule has 0 spiro atoms. The molecule has 2 heterocycles. The predicted molar refractivity (Wildman–Crippen MR) is 112 cm³/mol. The molecule has 0 radical (unpaired) electrons. The number of hydrogen-bond acceptors (Lipinski definition) is 3. The SMILES string of the molecule is CC(C)(CCCCC(CN1CCc2occc2C1)c1ccccc1Cl)C(=O)O. The van der Waals surface area contributed by atoms with E-state index in [1.165, 1.54) is 11.1 Å². The van der Waals surface area contributed by atoms with Crippen molar-refractivity contribution in [2.24, 2.45) is 5.41 Å². The van der Waals surface area contributed by atoms with E-state index in [-0.39, 0.29) is 0 Å². The molecule has 1 aliphatic heterocycles. The van der Waals surface area contributed by atoms with E-state index in [9.17, 15) is 9.90 Å². The quantitative estimate of drug-likeness (QED) is 0.542. The van der Waals surface area contributed by atoms with Crippen molar-refractivity contribution < 1.29 is 14.3 Å². The summed E-state index contributed by atoms with van der Waals surface area (Å²) in [6.07, 6.45) is 6.34. The summed E-state index contributed by atoms with van der Waals surface area (Å²) in [5.41, 5.74) is 1.82. The average Bonchev–Trinajstić information content (AvgIpc) is 3.12. The first-order valence-corrected chi connectivity index (χ1v) is 10.5. The second-order valence-electron chi connectivity index (χ2n) is 8.51. The van der Waals surface area contributed by atoms with Crippen LogP contribution in [0.1, 0.15) is 62.3 Å². The molecule has 0 saturated heterocycles. The van der Waals surface area contributed by atoms with Crippen molar-refractivity contribution in [3.63, 3.8) is 0 Å². The zero-order valence-electron chi connectivity index (χ0n) is 16.8. The fourth-order valence-electron chi connectivity index (χ4n) is 3.99. The molecular weight excluding hydrogens is 374 g/mol. The molecule has 1 aliphatic rings. The van der Waals surface area contributed by atoms with Gasteiger partial charge in [-0.1, -0.05) is 42.6 Å². The highest BCUT2D eigenvalue weighted by molar-refractivity contribution is 6.31. The zero-order chi connectivity index (χ0) is 20.1. The largest absolute Gasteiger partial charge is 0.481 e. The molecule has 0 fully saturated rings. The van der Waals surface area contributed by atoms with E-state index in [1.54, 1.807) is 20.1 Å². The van der Waals surface area contributed by atoms with E-state index < -0.39 is 11.4 Å². The van der Waals surface area contributed by atoms with Gasteiger partial charge in [-0.3, -0.25) is 9.69 Å². The van der Waals surface area contributed by atoms with Crippen LogP contribution in [0.2, 0.25) is 5.02 Å². The van der Waals surface area contributed by atoms with Gasteiger partial charge in [0, 0.05) is 36.6 Å². The van der Waals surface area contributed by atoms with E-state index in [1.807, 2.05) is 18.2 Å². The molecule has 3 rings (SSSR count). The summed E-state index contributed by atoms with van der Waals surface area (Å²) in [4.78, 5) is 13.8. The summed E-state index contributed by atoms with van der Waals surface area (Å²) in [5.74, 6) is 0.732. The first-order chi connectivity index (χ1) is 13.4. The summed E-state index contributed by atoms with van der Waals surface area (Å²) in [7, 11) is 0. The van der Waals surface area contributed by atoms with Crippen LogP contribution < -0.4 is 0 Å². The molecule has 28 heavy (non-hydrogen) atoms. The fourth-order valence-corrected chi connectivity index (χ4v) is 4.28. The third kappa shape index (κ3) is 5.18. The predicted octanol–water partition coefficient (Wildman–Crippen LogP) is 5.75. The molecule has 5 heteroatoms. The topological polar surface area (TPSA) is 53.7 Å². The van der Waals surface area contributed by atoms with Gasteiger partial charge in [0.25, 0.3) is 0 Å². The van der Waals surface area contributed by atoms with Gasteiger partial charge in [-0.15, -0.1) is 0 Å². The number of hydrogen-bond donors (Lipinski definition) is 1.